The van der Waals surface area contributed by atoms with E-state index in [0.29, 0.717) is 5.02 Å². The van der Waals surface area contributed by atoms with E-state index in [4.69, 9.17) is 33.7 Å². The number of alkyl halides is 3. The van der Waals surface area contributed by atoms with Crippen LogP contribution in [0.2, 0.25) is 10.0 Å². The maximum atomic E-state index is 12.5. The van der Waals surface area contributed by atoms with Gasteiger partial charge in [-0.3, -0.25) is 0 Å². The summed E-state index contributed by atoms with van der Waals surface area (Å²) in [6.07, 6.45) is -4.73. The highest BCUT2D eigenvalue weighted by Gasteiger charge is 2.35. The standard InChI is InChI=1S/C11H6Cl2F3N3O/c12-5-1-2-6(13)7(3-5)20-9-4-8(17)18-10(19-9)11(14,15)16/h1-4H,(H2,17,18,19). The third-order valence-corrected chi connectivity index (χ3v) is 2.63. The molecule has 0 amide bonds. The first-order valence-corrected chi connectivity index (χ1v) is 5.86. The van der Waals surface area contributed by atoms with E-state index in [-0.39, 0.29) is 22.5 Å². The number of benzene rings is 1. The first-order valence-electron chi connectivity index (χ1n) is 5.10. The molecule has 9 heteroatoms. The lowest BCUT2D eigenvalue weighted by Gasteiger charge is -2.10. The van der Waals surface area contributed by atoms with Gasteiger partial charge in [0.1, 0.15) is 11.6 Å². The normalized spacial score (nSPS) is 11.4. The van der Waals surface area contributed by atoms with Crippen LogP contribution in [0.4, 0.5) is 19.0 Å². The Balaban J connectivity index is 2.39. The lowest BCUT2D eigenvalue weighted by atomic mass is 10.3. The van der Waals surface area contributed by atoms with Crippen molar-refractivity contribution in [2.45, 2.75) is 6.18 Å². The Kier molecular flexibility index (Phi) is 3.92. The molecule has 0 unspecified atom stereocenters. The summed E-state index contributed by atoms with van der Waals surface area (Å²) in [5.74, 6) is -2.09. The van der Waals surface area contributed by atoms with Crippen molar-refractivity contribution in [2.75, 3.05) is 5.73 Å². The first kappa shape index (κ1) is 14.7. The minimum absolute atomic E-state index is 0.0605. The van der Waals surface area contributed by atoms with Gasteiger partial charge >= 0.3 is 6.18 Å². The Bertz CT molecular complexity index is 649. The molecule has 0 bridgehead atoms. The molecular weight excluding hydrogens is 318 g/mol. The second-order valence-corrected chi connectivity index (χ2v) is 4.47. The van der Waals surface area contributed by atoms with E-state index in [1.807, 2.05) is 0 Å². The number of nitrogens with two attached hydrogens (primary N) is 1. The molecule has 1 aromatic heterocycles. The summed E-state index contributed by atoms with van der Waals surface area (Å²) >= 11 is 11.6. The molecule has 20 heavy (non-hydrogen) atoms. The quantitative estimate of drug-likeness (QED) is 0.900. The van der Waals surface area contributed by atoms with E-state index in [2.05, 4.69) is 9.97 Å². The van der Waals surface area contributed by atoms with Crippen molar-refractivity contribution in [1.82, 2.24) is 9.97 Å². The number of hydrogen-bond acceptors (Lipinski definition) is 4. The van der Waals surface area contributed by atoms with E-state index in [1.54, 1.807) is 0 Å². The highest BCUT2D eigenvalue weighted by molar-refractivity contribution is 6.34. The monoisotopic (exact) mass is 323 g/mol. The molecule has 2 aromatic rings. The van der Waals surface area contributed by atoms with Gasteiger partial charge in [-0.1, -0.05) is 23.2 Å². The molecule has 2 rings (SSSR count). The van der Waals surface area contributed by atoms with E-state index in [0.717, 1.165) is 6.07 Å². The Labute approximate surface area is 121 Å². The van der Waals surface area contributed by atoms with Crippen LogP contribution in [0.5, 0.6) is 11.6 Å². The fraction of sp³-hybridized carbons (Fsp3) is 0.0909. The zero-order valence-corrected chi connectivity index (χ0v) is 11.1. The van der Waals surface area contributed by atoms with Crippen molar-refractivity contribution in [3.8, 4) is 11.6 Å². The molecule has 0 atom stereocenters. The fourth-order valence-corrected chi connectivity index (χ4v) is 1.61. The minimum Gasteiger partial charge on any atom is -0.437 e. The van der Waals surface area contributed by atoms with Gasteiger partial charge in [0.15, 0.2) is 0 Å². The molecular formula is C11H6Cl2F3N3O. The zero-order valence-electron chi connectivity index (χ0n) is 9.58. The van der Waals surface area contributed by atoms with Crippen molar-refractivity contribution in [2.24, 2.45) is 0 Å². The predicted octanol–water partition coefficient (Wildman–Crippen LogP) is 4.18. The summed E-state index contributed by atoms with van der Waals surface area (Å²) in [7, 11) is 0. The Morgan fingerprint density at radius 3 is 2.45 bits per heavy atom. The van der Waals surface area contributed by atoms with Crippen molar-refractivity contribution in [1.29, 1.82) is 0 Å². The fourth-order valence-electron chi connectivity index (χ4n) is 1.29. The maximum Gasteiger partial charge on any atom is 0.451 e. The van der Waals surface area contributed by atoms with Crippen LogP contribution in [0.25, 0.3) is 0 Å². The van der Waals surface area contributed by atoms with E-state index >= 15 is 0 Å². The molecule has 0 aliphatic carbocycles. The second kappa shape index (κ2) is 5.34. The molecule has 2 N–H and O–H groups in total. The molecule has 0 saturated heterocycles. The molecule has 0 fully saturated rings. The number of ether oxygens (including phenoxy) is 1. The van der Waals surface area contributed by atoms with Crippen LogP contribution in [0.15, 0.2) is 24.3 Å². The van der Waals surface area contributed by atoms with Crippen molar-refractivity contribution < 1.29 is 17.9 Å². The molecule has 0 radical (unpaired) electrons. The maximum absolute atomic E-state index is 12.5. The molecule has 4 nitrogen and oxygen atoms in total. The van der Waals surface area contributed by atoms with E-state index < -0.39 is 12.0 Å². The van der Waals surface area contributed by atoms with Crippen LogP contribution in [-0.4, -0.2) is 9.97 Å². The molecule has 1 heterocycles. The minimum atomic E-state index is -4.73. The van der Waals surface area contributed by atoms with Crippen LogP contribution < -0.4 is 10.5 Å². The van der Waals surface area contributed by atoms with Gasteiger partial charge in [-0.2, -0.15) is 18.2 Å². The Morgan fingerprint density at radius 1 is 1.10 bits per heavy atom. The lowest BCUT2D eigenvalue weighted by Crippen LogP contribution is -2.12. The molecule has 0 saturated carbocycles. The van der Waals surface area contributed by atoms with Gasteiger partial charge in [0, 0.05) is 17.2 Å². The summed E-state index contributed by atoms with van der Waals surface area (Å²) in [6, 6.07) is 5.34. The molecule has 0 spiro atoms. The lowest BCUT2D eigenvalue weighted by molar-refractivity contribution is -0.145. The molecule has 0 aliphatic heterocycles. The van der Waals surface area contributed by atoms with Gasteiger partial charge < -0.3 is 10.5 Å². The Hall–Kier alpha value is -1.73. The highest BCUT2D eigenvalue weighted by atomic mass is 35.5. The van der Waals surface area contributed by atoms with Crippen molar-refractivity contribution in [3.63, 3.8) is 0 Å². The molecule has 0 aliphatic rings. The smallest absolute Gasteiger partial charge is 0.437 e. The average Bonchev–Trinajstić information content (AvgIpc) is 2.32. The van der Waals surface area contributed by atoms with E-state index in [9.17, 15) is 13.2 Å². The zero-order chi connectivity index (χ0) is 14.9. The first-order chi connectivity index (χ1) is 9.25. The number of nitrogens with zero attached hydrogens (tertiary/aromatic N) is 2. The number of anilines is 1. The van der Waals surface area contributed by atoms with Gasteiger partial charge in [0.2, 0.25) is 11.7 Å². The molecule has 1 aromatic carbocycles. The average molecular weight is 324 g/mol. The van der Waals surface area contributed by atoms with Gasteiger partial charge in [-0.25, -0.2) is 4.98 Å². The van der Waals surface area contributed by atoms with Crippen LogP contribution in [0.3, 0.4) is 0 Å². The third kappa shape index (κ3) is 3.43. The van der Waals surface area contributed by atoms with Crippen LogP contribution >= 0.6 is 23.2 Å². The number of hydrogen-bond donors (Lipinski definition) is 1. The van der Waals surface area contributed by atoms with Crippen LogP contribution in [0, 0.1) is 0 Å². The summed E-state index contributed by atoms with van der Waals surface area (Å²) in [6.45, 7) is 0. The van der Waals surface area contributed by atoms with Crippen LogP contribution in [0.1, 0.15) is 5.82 Å². The predicted molar refractivity (Wildman–Crippen MR) is 68.0 cm³/mol. The van der Waals surface area contributed by atoms with Gasteiger partial charge in [-0.15, -0.1) is 0 Å². The third-order valence-electron chi connectivity index (χ3n) is 2.08. The van der Waals surface area contributed by atoms with Crippen molar-refractivity contribution >= 4 is 29.0 Å². The summed E-state index contributed by atoms with van der Waals surface area (Å²) in [5.41, 5.74) is 5.29. The van der Waals surface area contributed by atoms with Crippen molar-refractivity contribution in [3.05, 3.63) is 40.1 Å². The number of halogens is 5. The number of nitrogen functional groups attached to an aromatic ring is 1. The summed E-state index contributed by atoms with van der Waals surface area (Å²) in [4.78, 5) is 6.32. The topological polar surface area (TPSA) is 61.0 Å². The number of rotatable bonds is 2. The van der Waals surface area contributed by atoms with Gasteiger partial charge in [-0.05, 0) is 12.1 Å². The van der Waals surface area contributed by atoms with E-state index in [1.165, 1.54) is 18.2 Å². The molecule has 106 valence electrons. The van der Waals surface area contributed by atoms with Gasteiger partial charge in [0.05, 0.1) is 5.02 Å². The summed E-state index contributed by atoms with van der Waals surface area (Å²) < 4.78 is 42.8. The highest BCUT2D eigenvalue weighted by Crippen LogP contribution is 2.33. The number of aromatic nitrogens is 2. The van der Waals surface area contributed by atoms with Crippen LogP contribution in [-0.2, 0) is 6.18 Å². The Morgan fingerprint density at radius 2 is 1.80 bits per heavy atom. The largest absolute Gasteiger partial charge is 0.451 e. The van der Waals surface area contributed by atoms with Gasteiger partial charge in [0.25, 0.3) is 0 Å². The SMILES string of the molecule is Nc1cc(Oc2cc(Cl)ccc2Cl)nc(C(F)(F)F)n1. The summed E-state index contributed by atoms with van der Waals surface area (Å²) in [5, 5.41) is 0.475. The second-order valence-electron chi connectivity index (χ2n) is 3.63.